The first-order chi connectivity index (χ1) is 11.0. The van der Waals surface area contributed by atoms with Crippen LogP contribution in [0.3, 0.4) is 0 Å². The average Bonchev–Trinajstić information content (AvgIpc) is 2.91. The first-order valence-electron chi connectivity index (χ1n) is 8.01. The second-order valence-electron chi connectivity index (χ2n) is 6.63. The number of hydrogen-bond acceptors (Lipinski definition) is 2. The van der Waals surface area contributed by atoms with Gasteiger partial charge in [-0.15, -0.1) is 0 Å². The molecule has 0 saturated carbocycles. The zero-order chi connectivity index (χ0) is 16.6. The van der Waals surface area contributed by atoms with Gasteiger partial charge in [0, 0.05) is 17.6 Å². The number of carbonyl (C=O) groups excluding carboxylic acids is 1. The maximum atomic E-state index is 12.6. The van der Waals surface area contributed by atoms with Gasteiger partial charge in [-0.1, -0.05) is 35.0 Å². The molecule has 3 atom stereocenters. The molecule has 124 valence electrons. The molecule has 0 bridgehead atoms. The fraction of sp³-hybridized carbons (Fsp3) is 0.529. The Morgan fingerprint density at radius 2 is 2.13 bits per heavy atom. The summed E-state index contributed by atoms with van der Waals surface area (Å²) in [4.78, 5) is 25.5. The van der Waals surface area contributed by atoms with E-state index in [1.807, 2.05) is 19.1 Å². The molecule has 1 aromatic carbocycles. The Bertz CT molecular complexity index is 634. The molecule has 2 amide bonds. The van der Waals surface area contributed by atoms with E-state index < -0.39 is 11.9 Å². The minimum Gasteiger partial charge on any atom is -0.481 e. The zero-order valence-electron chi connectivity index (χ0n) is 13.1. The summed E-state index contributed by atoms with van der Waals surface area (Å²) in [5, 5.41) is 12.3. The van der Waals surface area contributed by atoms with Crippen molar-refractivity contribution in [2.24, 2.45) is 11.8 Å². The van der Waals surface area contributed by atoms with Gasteiger partial charge in [-0.05, 0) is 42.4 Å². The second kappa shape index (κ2) is 6.51. The van der Waals surface area contributed by atoms with Crippen molar-refractivity contribution in [1.29, 1.82) is 0 Å². The Morgan fingerprint density at radius 1 is 1.35 bits per heavy atom. The highest BCUT2D eigenvalue weighted by Crippen LogP contribution is 2.35. The van der Waals surface area contributed by atoms with Crippen LogP contribution in [0.1, 0.15) is 36.9 Å². The Balaban J connectivity index is 1.69. The van der Waals surface area contributed by atoms with Crippen LogP contribution in [0.4, 0.5) is 4.79 Å². The number of likely N-dealkylation sites (tertiary alicyclic amines) is 1. The van der Waals surface area contributed by atoms with E-state index in [0.29, 0.717) is 19.5 Å². The number of benzene rings is 1. The molecule has 1 heterocycles. The molecule has 2 N–H and O–H groups in total. The van der Waals surface area contributed by atoms with Gasteiger partial charge in [-0.2, -0.15) is 0 Å². The number of carboxylic acid groups (broad SMARTS) is 1. The van der Waals surface area contributed by atoms with Crippen LogP contribution in [0.5, 0.6) is 0 Å². The molecule has 1 aromatic rings. The number of fused-ring (bicyclic) bond motifs is 1. The number of nitrogens with zero attached hydrogens (tertiary/aromatic N) is 1. The number of rotatable bonds is 2. The standard InChI is InChI=1S/C17H21BrN2O3/c1-10-7-11(16(21)22)9-20(8-10)17(23)19-15-6-5-12-13(15)3-2-4-14(12)18/h2-4,10-11,15H,5-9H2,1H3,(H,19,23)(H,21,22). The van der Waals surface area contributed by atoms with E-state index in [-0.39, 0.29) is 18.0 Å². The van der Waals surface area contributed by atoms with Gasteiger partial charge in [-0.3, -0.25) is 4.79 Å². The summed E-state index contributed by atoms with van der Waals surface area (Å²) in [5.41, 5.74) is 2.42. The summed E-state index contributed by atoms with van der Waals surface area (Å²) in [6, 6.07) is 5.91. The highest BCUT2D eigenvalue weighted by Gasteiger charge is 2.33. The molecule has 5 nitrogen and oxygen atoms in total. The Labute approximate surface area is 144 Å². The molecule has 3 unspecified atom stereocenters. The summed E-state index contributed by atoms with van der Waals surface area (Å²) in [5.74, 6) is -1.07. The topological polar surface area (TPSA) is 69.6 Å². The van der Waals surface area contributed by atoms with Crippen LogP contribution in [0, 0.1) is 11.8 Å². The molecule has 0 aromatic heterocycles. The summed E-state index contributed by atoms with van der Waals surface area (Å²) < 4.78 is 1.09. The first-order valence-corrected chi connectivity index (χ1v) is 8.80. The Hall–Kier alpha value is -1.56. The zero-order valence-corrected chi connectivity index (χ0v) is 14.7. The van der Waals surface area contributed by atoms with Gasteiger partial charge in [0.15, 0.2) is 0 Å². The first kappa shape index (κ1) is 16.3. The SMILES string of the molecule is CC1CC(C(=O)O)CN(C(=O)NC2CCc3c(Br)cccc32)C1. The molecule has 3 rings (SSSR count). The Morgan fingerprint density at radius 3 is 2.87 bits per heavy atom. The third-order valence-corrected chi connectivity index (χ3v) is 5.55. The lowest BCUT2D eigenvalue weighted by Crippen LogP contribution is -2.50. The largest absolute Gasteiger partial charge is 0.481 e. The molecule has 6 heteroatoms. The molecular formula is C17H21BrN2O3. The van der Waals surface area contributed by atoms with Crippen LogP contribution < -0.4 is 5.32 Å². The van der Waals surface area contributed by atoms with Crippen LogP contribution in [0.2, 0.25) is 0 Å². The van der Waals surface area contributed by atoms with Crippen molar-refractivity contribution < 1.29 is 14.7 Å². The number of carboxylic acids is 1. The van der Waals surface area contributed by atoms with E-state index in [1.165, 1.54) is 5.56 Å². The molecule has 1 saturated heterocycles. The number of carbonyl (C=O) groups is 2. The summed E-state index contributed by atoms with van der Waals surface area (Å²) in [6.45, 7) is 2.91. The van der Waals surface area contributed by atoms with Crippen molar-refractivity contribution in [2.75, 3.05) is 13.1 Å². The molecule has 1 fully saturated rings. The summed E-state index contributed by atoms with van der Waals surface area (Å²) in [6.07, 6.45) is 2.46. The minimum absolute atomic E-state index is 0.00973. The van der Waals surface area contributed by atoms with Gasteiger partial charge in [0.2, 0.25) is 0 Å². The number of piperidine rings is 1. The number of amides is 2. The van der Waals surface area contributed by atoms with Gasteiger partial charge in [0.1, 0.15) is 0 Å². The fourth-order valence-electron chi connectivity index (χ4n) is 3.70. The molecule has 0 radical (unpaired) electrons. The van der Waals surface area contributed by atoms with Gasteiger partial charge < -0.3 is 15.3 Å². The lowest BCUT2D eigenvalue weighted by molar-refractivity contribution is -0.143. The molecule has 0 spiro atoms. The summed E-state index contributed by atoms with van der Waals surface area (Å²) in [7, 11) is 0. The predicted octanol–water partition coefficient (Wildman–Crippen LogP) is 3.19. The van der Waals surface area contributed by atoms with E-state index in [9.17, 15) is 14.7 Å². The molecule has 1 aliphatic heterocycles. The van der Waals surface area contributed by atoms with E-state index in [0.717, 1.165) is 22.9 Å². The highest BCUT2D eigenvalue weighted by atomic mass is 79.9. The van der Waals surface area contributed by atoms with Crippen molar-refractivity contribution in [3.8, 4) is 0 Å². The van der Waals surface area contributed by atoms with E-state index in [4.69, 9.17) is 0 Å². The predicted molar refractivity (Wildman–Crippen MR) is 90.2 cm³/mol. The van der Waals surface area contributed by atoms with Gasteiger partial charge in [0.25, 0.3) is 0 Å². The molecular weight excluding hydrogens is 360 g/mol. The van der Waals surface area contributed by atoms with Crippen molar-refractivity contribution in [3.63, 3.8) is 0 Å². The number of halogens is 1. The average molecular weight is 381 g/mol. The maximum absolute atomic E-state index is 12.6. The molecule has 23 heavy (non-hydrogen) atoms. The van der Waals surface area contributed by atoms with Crippen LogP contribution in [0.25, 0.3) is 0 Å². The van der Waals surface area contributed by atoms with Crippen LogP contribution in [-0.2, 0) is 11.2 Å². The van der Waals surface area contributed by atoms with Crippen LogP contribution in [0.15, 0.2) is 22.7 Å². The minimum atomic E-state index is -0.815. The van der Waals surface area contributed by atoms with Crippen molar-refractivity contribution in [3.05, 3.63) is 33.8 Å². The van der Waals surface area contributed by atoms with Crippen molar-refractivity contribution >= 4 is 27.9 Å². The third-order valence-electron chi connectivity index (χ3n) is 4.81. The van der Waals surface area contributed by atoms with Gasteiger partial charge >= 0.3 is 12.0 Å². The second-order valence-corrected chi connectivity index (χ2v) is 7.48. The molecule has 2 aliphatic rings. The lowest BCUT2D eigenvalue weighted by atomic mass is 9.91. The van der Waals surface area contributed by atoms with Crippen molar-refractivity contribution in [2.45, 2.75) is 32.2 Å². The smallest absolute Gasteiger partial charge is 0.317 e. The van der Waals surface area contributed by atoms with Gasteiger partial charge in [-0.25, -0.2) is 4.79 Å². The maximum Gasteiger partial charge on any atom is 0.317 e. The van der Waals surface area contributed by atoms with E-state index in [2.05, 4.69) is 27.3 Å². The lowest BCUT2D eigenvalue weighted by Gasteiger charge is -2.35. The fourth-order valence-corrected chi connectivity index (χ4v) is 4.28. The number of nitrogens with one attached hydrogen (secondary N) is 1. The quantitative estimate of drug-likeness (QED) is 0.827. The number of urea groups is 1. The molecule has 1 aliphatic carbocycles. The number of aliphatic carboxylic acids is 1. The van der Waals surface area contributed by atoms with Crippen LogP contribution in [-0.4, -0.2) is 35.1 Å². The monoisotopic (exact) mass is 380 g/mol. The van der Waals surface area contributed by atoms with Crippen molar-refractivity contribution in [1.82, 2.24) is 10.2 Å². The van der Waals surface area contributed by atoms with Gasteiger partial charge in [0.05, 0.1) is 12.0 Å². The van der Waals surface area contributed by atoms with Crippen LogP contribution >= 0.6 is 15.9 Å². The normalized spacial score (nSPS) is 26.7. The third kappa shape index (κ3) is 3.37. The summed E-state index contributed by atoms with van der Waals surface area (Å²) >= 11 is 3.56. The highest BCUT2D eigenvalue weighted by molar-refractivity contribution is 9.10. The van der Waals surface area contributed by atoms with E-state index >= 15 is 0 Å². The Kier molecular flexibility index (Phi) is 4.62. The number of hydrogen-bond donors (Lipinski definition) is 2. The van der Waals surface area contributed by atoms with E-state index in [1.54, 1.807) is 4.90 Å².